The third kappa shape index (κ3) is 2.68. The molecular weight excluding hydrogens is 444 g/mol. The molecule has 3 aliphatic rings. The van der Waals surface area contributed by atoms with Gasteiger partial charge in [0.05, 0.1) is 17.5 Å². The van der Waals surface area contributed by atoms with Crippen LogP contribution in [0.1, 0.15) is 22.3 Å². The molecule has 1 heterocycles. The minimum atomic E-state index is -2.77. The van der Waals surface area contributed by atoms with Gasteiger partial charge in [-0.15, -0.1) is 0 Å². The van der Waals surface area contributed by atoms with Gasteiger partial charge in [0.2, 0.25) is 5.91 Å². The molecule has 0 bridgehead atoms. The lowest BCUT2D eigenvalue weighted by atomic mass is 9.52. The molecule has 6 atom stereocenters. The maximum Gasteiger partial charge on any atom is 0.235 e. The monoisotopic (exact) mass is 464 g/mol. The number of hydrogen-bond donors (Lipinski definition) is 4. The van der Waals surface area contributed by atoms with Crippen LogP contribution in [0.3, 0.4) is 0 Å². The standard InChI is InChI=1S/C20H21ClN4O7/c1-25(2)11-7-4-5-3-6-9(14(28)18(22)24-17(6)21)12(26)8(5)15(29)20(7,32)16(30)10(13(11)27)19(23)31/h5,7-8,10-11,28,32H,3-4H2,1-2H3,(H2,22,24)(H2,23,31)/t5-,7-,8?,10?,11-,20-/m0/s1. The van der Waals surface area contributed by atoms with Gasteiger partial charge in [0, 0.05) is 11.5 Å². The normalized spacial score (nSPS) is 34.2. The van der Waals surface area contributed by atoms with E-state index in [0.717, 1.165) is 0 Å². The lowest BCUT2D eigenvalue weighted by Gasteiger charge is -2.52. The second kappa shape index (κ2) is 7.06. The Balaban J connectivity index is 1.89. The Morgan fingerprint density at radius 1 is 1.22 bits per heavy atom. The zero-order valence-corrected chi connectivity index (χ0v) is 17.9. The number of carbonyl (C=O) groups excluding carboxylic acids is 5. The van der Waals surface area contributed by atoms with E-state index < -0.39 is 75.9 Å². The van der Waals surface area contributed by atoms with Crippen molar-refractivity contribution in [1.82, 2.24) is 9.88 Å². The lowest BCUT2D eigenvalue weighted by Crippen LogP contribution is -2.74. The molecule has 0 spiro atoms. The molecule has 0 aromatic carbocycles. The third-order valence-corrected chi connectivity index (χ3v) is 7.22. The molecule has 3 aliphatic carbocycles. The Morgan fingerprint density at radius 2 is 1.84 bits per heavy atom. The average molecular weight is 465 g/mol. The highest BCUT2D eigenvalue weighted by molar-refractivity contribution is 6.34. The van der Waals surface area contributed by atoms with E-state index in [0.29, 0.717) is 0 Å². The van der Waals surface area contributed by atoms with Crippen molar-refractivity contribution in [3.63, 3.8) is 0 Å². The first-order valence-electron chi connectivity index (χ1n) is 9.85. The van der Waals surface area contributed by atoms with Crippen molar-refractivity contribution in [3.8, 4) is 5.75 Å². The summed E-state index contributed by atoms with van der Waals surface area (Å²) in [5, 5.41) is 21.6. The van der Waals surface area contributed by atoms with Crippen LogP contribution in [0.4, 0.5) is 5.82 Å². The number of nitrogen functional groups attached to an aromatic ring is 1. The number of likely N-dealkylation sites (N-methyl/N-ethyl adjacent to an activating group) is 1. The van der Waals surface area contributed by atoms with Crippen LogP contribution in [0.25, 0.3) is 0 Å². The van der Waals surface area contributed by atoms with Crippen molar-refractivity contribution in [3.05, 3.63) is 16.3 Å². The maximum atomic E-state index is 13.5. The van der Waals surface area contributed by atoms with Gasteiger partial charge >= 0.3 is 0 Å². The minimum absolute atomic E-state index is 0.0332. The average Bonchev–Trinajstić information content (AvgIpc) is 2.68. The third-order valence-electron chi connectivity index (χ3n) is 6.90. The van der Waals surface area contributed by atoms with E-state index in [-0.39, 0.29) is 29.1 Å². The van der Waals surface area contributed by atoms with E-state index in [1.54, 1.807) is 0 Å². The quantitative estimate of drug-likeness (QED) is 0.295. The summed E-state index contributed by atoms with van der Waals surface area (Å²) in [4.78, 5) is 70.0. The fourth-order valence-corrected chi connectivity index (χ4v) is 5.80. The number of aromatic nitrogens is 1. The first-order chi connectivity index (χ1) is 14.8. The van der Waals surface area contributed by atoms with Gasteiger partial charge in [-0.3, -0.25) is 28.9 Å². The molecule has 11 nitrogen and oxygen atoms in total. The lowest BCUT2D eigenvalue weighted by molar-refractivity contribution is -0.181. The van der Waals surface area contributed by atoms with Gasteiger partial charge in [-0.05, 0) is 32.9 Å². The van der Waals surface area contributed by atoms with Gasteiger partial charge in [-0.25, -0.2) is 4.98 Å². The van der Waals surface area contributed by atoms with E-state index in [1.807, 2.05) is 0 Å². The van der Waals surface area contributed by atoms with Gasteiger partial charge < -0.3 is 21.7 Å². The van der Waals surface area contributed by atoms with Crippen LogP contribution in [0, 0.1) is 23.7 Å². The number of carbonyl (C=O) groups is 5. The molecule has 32 heavy (non-hydrogen) atoms. The molecule has 1 aromatic rings. The van der Waals surface area contributed by atoms with Crippen molar-refractivity contribution < 1.29 is 34.2 Å². The molecule has 2 unspecified atom stereocenters. The molecule has 170 valence electrons. The zero-order valence-electron chi connectivity index (χ0n) is 17.2. The number of primary amides is 1. The van der Waals surface area contributed by atoms with E-state index in [9.17, 15) is 34.2 Å². The summed E-state index contributed by atoms with van der Waals surface area (Å²) < 4.78 is 0. The molecule has 4 rings (SSSR count). The van der Waals surface area contributed by atoms with Crippen molar-refractivity contribution in [2.45, 2.75) is 24.5 Å². The van der Waals surface area contributed by atoms with E-state index >= 15 is 0 Å². The fourth-order valence-electron chi connectivity index (χ4n) is 5.53. The molecule has 0 radical (unpaired) electrons. The number of anilines is 1. The van der Waals surface area contributed by atoms with Crippen molar-refractivity contribution in [2.75, 3.05) is 19.8 Å². The summed E-state index contributed by atoms with van der Waals surface area (Å²) >= 11 is 6.14. The number of Topliss-reactive ketones (excluding diaryl/α,β-unsaturated/α-hetero) is 4. The minimum Gasteiger partial charge on any atom is -0.504 e. The first-order valence-corrected chi connectivity index (χ1v) is 10.2. The predicted octanol–water partition coefficient (Wildman–Crippen LogP) is -1.50. The molecular formula is C20H21ClN4O7. The number of hydrogen-bond acceptors (Lipinski definition) is 10. The number of fused-ring (bicyclic) bond motifs is 3. The molecule has 0 saturated heterocycles. The number of aromatic hydroxyl groups is 1. The highest BCUT2D eigenvalue weighted by Crippen LogP contribution is 2.51. The summed E-state index contributed by atoms with van der Waals surface area (Å²) in [7, 11) is 3.02. The number of nitrogens with zero attached hydrogens (tertiary/aromatic N) is 2. The van der Waals surface area contributed by atoms with Gasteiger partial charge in [-0.2, -0.15) is 0 Å². The topological polar surface area (TPSA) is 194 Å². The summed E-state index contributed by atoms with van der Waals surface area (Å²) in [6, 6.07) is -1.16. The summed E-state index contributed by atoms with van der Waals surface area (Å²) in [5.41, 5.74) is 8.01. The second-order valence-corrected chi connectivity index (χ2v) is 9.14. The van der Waals surface area contributed by atoms with Gasteiger partial charge in [-0.1, -0.05) is 11.6 Å². The summed E-state index contributed by atoms with van der Waals surface area (Å²) in [5.74, 6) is -11.9. The van der Waals surface area contributed by atoms with Gasteiger partial charge in [0.15, 0.2) is 46.2 Å². The molecule has 6 N–H and O–H groups in total. The summed E-state index contributed by atoms with van der Waals surface area (Å²) in [6.07, 6.45) is -0.0309. The molecule has 1 aromatic heterocycles. The molecule has 1 amide bonds. The van der Waals surface area contributed by atoms with Gasteiger partial charge in [0.1, 0.15) is 5.15 Å². The van der Waals surface area contributed by atoms with Crippen LogP contribution < -0.4 is 11.5 Å². The van der Waals surface area contributed by atoms with Crippen molar-refractivity contribution in [2.24, 2.45) is 29.4 Å². The number of halogens is 1. The number of ketones is 4. The van der Waals surface area contributed by atoms with Crippen LogP contribution in [-0.2, 0) is 25.6 Å². The Labute approximate surface area is 186 Å². The van der Waals surface area contributed by atoms with E-state index in [2.05, 4.69) is 4.98 Å². The number of nitrogens with two attached hydrogens (primary N) is 2. The maximum absolute atomic E-state index is 13.5. The Bertz CT molecular complexity index is 1120. The van der Waals surface area contributed by atoms with Gasteiger partial charge in [0.25, 0.3) is 0 Å². The number of aliphatic hydroxyl groups is 1. The highest BCUT2D eigenvalue weighted by atomic mass is 35.5. The van der Waals surface area contributed by atoms with Crippen molar-refractivity contribution in [1.29, 1.82) is 0 Å². The van der Waals surface area contributed by atoms with Crippen LogP contribution in [0.2, 0.25) is 5.15 Å². The van der Waals surface area contributed by atoms with E-state index in [4.69, 9.17) is 23.1 Å². The fraction of sp³-hybridized carbons (Fsp3) is 0.500. The SMILES string of the molecule is CN(C)[C@@H]1C(=O)C(C(N)=O)C(=O)[C@@]2(O)C(=O)C3C(=O)c4c(O)c(N)nc(Cl)c4C[C@H]3C[C@@H]12. The molecule has 0 aliphatic heterocycles. The highest BCUT2D eigenvalue weighted by Gasteiger charge is 2.69. The smallest absolute Gasteiger partial charge is 0.235 e. The Kier molecular flexibility index (Phi) is 4.92. The Morgan fingerprint density at radius 3 is 2.41 bits per heavy atom. The summed E-state index contributed by atoms with van der Waals surface area (Å²) in [6.45, 7) is 0. The number of rotatable bonds is 2. The zero-order chi connectivity index (χ0) is 23.9. The van der Waals surface area contributed by atoms with Crippen LogP contribution in [0.15, 0.2) is 0 Å². The number of pyridine rings is 1. The van der Waals surface area contributed by atoms with Crippen LogP contribution >= 0.6 is 11.6 Å². The van der Waals surface area contributed by atoms with Crippen LogP contribution in [-0.4, -0.2) is 74.9 Å². The molecule has 12 heteroatoms. The van der Waals surface area contributed by atoms with Crippen molar-refractivity contribution >= 4 is 46.5 Å². The number of amides is 1. The van der Waals surface area contributed by atoms with Crippen LogP contribution in [0.5, 0.6) is 5.75 Å². The molecule has 2 saturated carbocycles. The predicted molar refractivity (Wildman–Crippen MR) is 109 cm³/mol. The Hall–Kier alpha value is -2.89. The first kappa shape index (κ1) is 22.3. The van der Waals surface area contributed by atoms with E-state index in [1.165, 1.54) is 19.0 Å². The second-order valence-electron chi connectivity index (χ2n) is 8.78. The molecule has 2 fully saturated rings. The largest absolute Gasteiger partial charge is 0.504 e.